The lowest BCUT2D eigenvalue weighted by molar-refractivity contribution is -0.151. The zero-order valence-corrected chi connectivity index (χ0v) is 13.6. The molecule has 0 radical (unpaired) electrons. The molecule has 1 aromatic rings. The van der Waals surface area contributed by atoms with Crippen molar-refractivity contribution in [2.24, 2.45) is 5.41 Å². The lowest BCUT2D eigenvalue weighted by Gasteiger charge is -2.38. The van der Waals surface area contributed by atoms with E-state index in [1.165, 1.54) is 0 Å². The van der Waals surface area contributed by atoms with Crippen molar-refractivity contribution in [3.63, 3.8) is 0 Å². The van der Waals surface area contributed by atoms with Crippen LogP contribution in [0.3, 0.4) is 0 Å². The number of nitrogens with one attached hydrogen (secondary N) is 1. The lowest BCUT2D eigenvalue weighted by atomic mass is 9.74. The van der Waals surface area contributed by atoms with Gasteiger partial charge in [0.05, 0.1) is 11.1 Å². The van der Waals surface area contributed by atoms with Crippen LogP contribution in [0.4, 0.5) is 0 Å². The van der Waals surface area contributed by atoms with E-state index in [1.807, 2.05) is 19.9 Å². The highest BCUT2D eigenvalue weighted by Gasteiger charge is 2.44. The fourth-order valence-electron chi connectivity index (χ4n) is 1.94. The van der Waals surface area contributed by atoms with Gasteiger partial charge in [0.1, 0.15) is 0 Å². The van der Waals surface area contributed by atoms with Gasteiger partial charge in [-0.1, -0.05) is 0 Å². The quantitative estimate of drug-likeness (QED) is 0.839. The number of carbonyl (C=O) groups is 2. The Labute approximate surface area is 125 Å². The molecule has 1 heterocycles. The third-order valence-electron chi connectivity index (χ3n) is 4.20. The number of amides is 1. The molecule has 118 valence electrons. The minimum atomic E-state index is -1.05. The third-order valence-corrected chi connectivity index (χ3v) is 4.20. The fraction of sp³-hybridized carbons (Fsp3) is 0.667. The highest BCUT2D eigenvalue weighted by molar-refractivity contribution is 5.80. The van der Waals surface area contributed by atoms with Gasteiger partial charge in [0.15, 0.2) is 0 Å². The third kappa shape index (κ3) is 3.83. The molecule has 0 unspecified atom stereocenters. The van der Waals surface area contributed by atoms with Gasteiger partial charge in [-0.15, -0.1) is 0 Å². The minimum Gasteiger partial charge on any atom is -0.481 e. The zero-order chi connectivity index (χ0) is 16.4. The molecule has 0 bridgehead atoms. The highest BCUT2D eigenvalue weighted by Crippen LogP contribution is 2.30. The number of carbonyl (C=O) groups excluding carboxylic acids is 1. The van der Waals surface area contributed by atoms with Crippen molar-refractivity contribution in [1.29, 1.82) is 0 Å². The molecule has 1 rings (SSSR count). The molecule has 21 heavy (non-hydrogen) atoms. The summed E-state index contributed by atoms with van der Waals surface area (Å²) in [4.78, 5) is 23.4. The Morgan fingerprint density at radius 3 is 2.29 bits per heavy atom. The van der Waals surface area contributed by atoms with E-state index in [4.69, 9.17) is 0 Å². The first-order valence-corrected chi connectivity index (χ1v) is 7.03. The number of carboxylic acids is 1. The van der Waals surface area contributed by atoms with E-state index < -0.39 is 16.9 Å². The van der Waals surface area contributed by atoms with Crippen LogP contribution in [-0.4, -0.2) is 32.3 Å². The Bertz CT molecular complexity index is 544. The molecule has 0 saturated heterocycles. The van der Waals surface area contributed by atoms with Gasteiger partial charge in [-0.3, -0.25) is 14.3 Å². The van der Waals surface area contributed by atoms with Gasteiger partial charge in [-0.05, 0) is 47.6 Å². The smallest absolute Gasteiger partial charge is 0.311 e. The Balaban J connectivity index is 2.65. The van der Waals surface area contributed by atoms with Gasteiger partial charge >= 0.3 is 5.97 Å². The number of aryl methyl sites for hydroxylation is 3. The van der Waals surface area contributed by atoms with E-state index in [0.29, 0.717) is 6.54 Å². The maximum Gasteiger partial charge on any atom is 0.311 e. The number of nitrogens with zero attached hydrogens (tertiary/aromatic N) is 2. The molecule has 0 spiro atoms. The zero-order valence-electron chi connectivity index (χ0n) is 13.6. The monoisotopic (exact) mass is 295 g/mol. The van der Waals surface area contributed by atoms with Crippen molar-refractivity contribution in [2.45, 2.75) is 60.0 Å². The number of aliphatic carboxylic acids is 1. The second-order valence-electron chi connectivity index (χ2n) is 6.50. The summed E-state index contributed by atoms with van der Waals surface area (Å²) in [6, 6.07) is 1.95. The fourth-order valence-corrected chi connectivity index (χ4v) is 1.94. The van der Waals surface area contributed by atoms with Crippen LogP contribution in [0, 0.1) is 19.3 Å². The summed E-state index contributed by atoms with van der Waals surface area (Å²) in [6.45, 7) is 11.0. The van der Waals surface area contributed by atoms with E-state index >= 15 is 0 Å². The van der Waals surface area contributed by atoms with Crippen LogP contribution < -0.4 is 5.32 Å². The van der Waals surface area contributed by atoms with Crippen LogP contribution in [-0.2, 0) is 16.1 Å². The summed E-state index contributed by atoms with van der Waals surface area (Å²) in [5.41, 5.74) is 0.0250. The second kappa shape index (κ2) is 5.87. The molecule has 6 heteroatoms. The summed E-state index contributed by atoms with van der Waals surface area (Å²) in [7, 11) is 0. The summed E-state index contributed by atoms with van der Waals surface area (Å²) in [6.07, 6.45) is 0.265. The lowest BCUT2D eigenvalue weighted by Crippen LogP contribution is -2.57. The SMILES string of the molecule is Cc1cc(C)n(CCC(=O)NC(C)(C)C(C)(C)C(=O)O)n1. The molecule has 0 aliphatic heterocycles. The van der Waals surface area contributed by atoms with E-state index in [1.54, 1.807) is 32.4 Å². The second-order valence-corrected chi connectivity index (χ2v) is 6.50. The average Bonchev–Trinajstić information content (AvgIpc) is 2.64. The Hall–Kier alpha value is -1.85. The maximum atomic E-state index is 12.1. The van der Waals surface area contributed by atoms with E-state index in [2.05, 4.69) is 10.4 Å². The highest BCUT2D eigenvalue weighted by atomic mass is 16.4. The standard InChI is InChI=1S/C15H25N3O3/c1-10-9-11(2)18(17-10)8-7-12(19)16-15(5,6)14(3,4)13(20)21/h9H,7-8H2,1-6H3,(H,16,19)(H,20,21). The van der Waals surface area contributed by atoms with E-state index in [9.17, 15) is 14.7 Å². The number of hydrogen-bond acceptors (Lipinski definition) is 3. The van der Waals surface area contributed by atoms with Crippen molar-refractivity contribution in [3.05, 3.63) is 17.5 Å². The van der Waals surface area contributed by atoms with E-state index in [-0.39, 0.29) is 12.3 Å². The molecule has 2 N–H and O–H groups in total. The first-order chi connectivity index (χ1) is 9.47. The largest absolute Gasteiger partial charge is 0.481 e. The van der Waals surface area contributed by atoms with Gasteiger partial charge in [0.2, 0.25) is 5.91 Å². The van der Waals surface area contributed by atoms with Gasteiger partial charge < -0.3 is 10.4 Å². The molecular formula is C15H25N3O3. The van der Waals surface area contributed by atoms with Crippen LogP contribution in [0.5, 0.6) is 0 Å². The molecule has 0 saturated carbocycles. The minimum absolute atomic E-state index is 0.179. The predicted molar refractivity (Wildman–Crippen MR) is 80.0 cm³/mol. The predicted octanol–water partition coefficient (Wildman–Crippen LogP) is 1.90. The Morgan fingerprint density at radius 1 is 1.29 bits per heavy atom. The summed E-state index contributed by atoms with van der Waals surface area (Å²) in [5, 5.41) is 16.4. The summed E-state index contributed by atoms with van der Waals surface area (Å²) >= 11 is 0. The van der Waals surface area contributed by atoms with Gasteiger partial charge in [0, 0.05) is 24.2 Å². The number of carboxylic acid groups (broad SMARTS) is 1. The molecular weight excluding hydrogens is 270 g/mol. The number of hydrogen-bond donors (Lipinski definition) is 2. The van der Waals surface area contributed by atoms with E-state index in [0.717, 1.165) is 11.4 Å². The van der Waals surface area contributed by atoms with Gasteiger partial charge in [0.25, 0.3) is 0 Å². The Kier molecular flexibility index (Phi) is 4.81. The molecule has 0 atom stereocenters. The molecule has 1 amide bonds. The Morgan fingerprint density at radius 2 is 1.86 bits per heavy atom. The van der Waals surface area contributed by atoms with Crippen molar-refractivity contribution >= 4 is 11.9 Å². The molecule has 6 nitrogen and oxygen atoms in total. The van der Waals surface area contributed by atoms with Gasteiger partial charge in [-0.2, -0.15) is 5.10 Å². The summed E-state index contributed by atoms with van der Waals surface area (Å²) < 4.78 is 1.78. The molecule has 1 aromatic heterocycles. The first-order valence-electron chi connectivity index (χ1n) is 7.03. The number of aromatic nitrogens is 2. The molecule has 0 aromatic carbocycles. The van der Waals surface area contributed by atoms with Crippen LogP contribution in [0.2, 0.25) is 0 Å². The van der Waals surface area contributed by atoms with Crippen LogP contribution in [0.1, 0.15) is 45.5 Å². The molecule has 0 aliphatic carbocycles. The van der Waals surface area contributed by atoms with Gasteiger partial charge in [-0.25, -0.2) is 0 Å². The van der Waals surface area contributed by atoms with Crippen molar-refractivity contribution < 1.29 is 14.7 Å². The molecule has 0 fully saturated rings. The van der Waals surface area contributed by atoms with Crippen LogP contribution >= 0.6 is 0 Å². The maximum absolute atomic E-state index is 12.1. The first kappa shape index (κ1) is 17.2. The topological polar surface area (TPSA) is 84.2 Å². The van der Waals surface area contributed by atoms with Crippen LogP contribution in [0.25, 0.3) is 0 Å². The van der Waals surface area contributed by atoms with Crippen LogP contribution in [0.15, 0.2) is 6.07 Å². The normalized spacial score (nSPS) is 12.3. The number of rotatable bonds is 6. The molecule has 0 aliphatic rings. The van der Waals surface area contributed by atoms with Crippen molar-refractivity contribution in [2.75, 3.05) is 0 Å². The average molecular weight is 295 g/mol. The van der Waals surface area contributed by atoms with Crippen molar-refractivity contribution in [3.8, 4) is 0 Å². The summed E-state index contributed by atoms with van der Waals surface area (Å²) in [5.74, 6) is -1.12. The van der Waals surface area contributed by atoms with Crippen molar-refractivity contribution in [1.82, 2.24) is 15.1 Å².